The Labute approximate surface area is 388 Å². The fourth-order valence-electron chi connectivity index (χ4n) is 7.44. The summed E-state index contributed by atoms with van der Waals surface area (Å²) in [6.07, 6.45) is 1.87. The topological polar surface area (TPSA) is 223 Å². The molecule has 2 N–H and O–H groups in total. The lowest BCUT2D eigenvalue weighted by atomic mass is 10.0. The molecule has 1 saturated heterocycles. The van der Waals surface area contributed by atoms with Crippen LogP contribution in [0.25, 0.3) is 10.9 Å². The predicted octanol–water partition coefficient (Wildman–Crippen LogP) is 5.91. The number of nitro groups is 1. The number of carbonyl (C=O) groups excluding carboxylic acids is 4. The summed E-state index contributed by atoms with van der Waals surface area (Å²) in [6, 6.07) is 18.1. The van der Waals surface area contributed by atoms with E-state index in [9.17, 15) is 33.7 Å². The first-order valence-electron chi connectivity index (χ1n) is 21.3. The third-order valence-corrected chi connectivity index (χ3v) is 11.1. The van der Waals surface area contributed by atoms with Gasteiger partial charge in [-0.2, -0.15) is 0 Å². The predicted molar refractivity (Wildman–Crippen MR) is 241 cm³/mol. The summed E-state index contributed by atoms with van der Waals surface area (Å²) >= 11 is 6.19. The SMILES string of the molecule is COc1cc2ncnc(N(Cc3ccc([N+](=O)[O-])cc3)c3ccc(F)c(Cl)c3)c2cc1OCCOCCOCCOCCOCCC(=O)Nc1cccc2c1CN(C1CCC(=O)NC1=O)C2=O. The number of anilines is 3. The Morgan fingerprint density at radius 1 is 0.910 bits per heavy atom. The van der Waals surface area contributed by atoms with E-state index in [-0.39, 0.29) is 87.2 Å². The summed E-state index contributed by atoms with van der Waals surface area (Å²) in [5.74, 6) is -0.788. The van der Waals surface area contributed by atoms with Crippen LogP contribution in [0.1, 0.15) is 40.7 Å². The van der Waals surface area contributed by atoms with E-state index in [2.05, 4.69) is 20.6 Å². The molecule has 0 bridgehead atoms. The molecule has 1 unspecified atom stereocenters. The number of ether oxygens (including phenoxy) is 6. The fourth-order valence-corrected chi connectivity index (χ4v) is 7.61. The number of carbonyl (C=O) groups is 4. The summed E-state index contributed by atoms with van der Waals surface area (Å²) in [7, 11) is 1.51. The molecule has 0 saturated carbocycles. The number of non-ortho nitro benzene ring substituents is 1. The van der Waals surface area contributed by atoms with Gasteiger partial charge in [0.15, 0.2) is 11.5 Å². The number of fused-ring (bicyclic) bond motifs is 2. The van der Waals surface area contributed by atoms with Crippen LogP contribution >= 0.6 is 11.6 Å². The minimum atomic E-state index is -0.747. The van der Waals surface area contributed by atoms with E-state index in [1.165, 1.54) is 42.6 Å². The zero-order valence-corrected chi connectivity index (χ0v) is 37.1. The van der Waals surface area contributed by atoms with Gasteiger partial charge in [-0.25, -0.2) is 14.4 Å². The van der Waals surface area contributed by atoms with Crippen LogP contribution in [-0.2, 0) is 46.4 Å². The molecule has 1 atom stereocenters. The largest absolute Gasteiger partial charge is 0.493 e. The summed E-state index contributed by atoms with van der Waals surface area (Å²) < 4.78 is 48.3. The maximum atomic E-state index is 14.2. The van der Waals surface area contributed by atoms with Gasteiger partial charge in [0.25, 0.3) is 11.6 Å². The highest BCUT2D eigenvalue weighted by Crippen LogP contribution is 2.39. The van der Waals surface area contributed by atoms with Crippen molar-refractivity contribution in [3.8, 4) is 11.5 Å². The number of hydrogen-bond donors (Lipinski definition) is 2. The first-order valence-corrected chi connectivity index (χ1v) is 21.7. The summed E-state index contributed by atoms with van der Waals surface area (Å²) in [4.78, 5) is 72.7. The summed E-state index contributed by atoms with van der Waals surface area (Å²) in [6.45, 7) is 2.78. The second kappa shape index (κ2) is 23.1. The quantitative estimate of drug-likeness (QED) is 0.0318. The van der Waals surface area contributed by atoms with Crippen molar-refractivity contribution in [2.45, 2.75) is 38.4 Å². The first-order chi connectivity index (χ1) is 32.5. The molecule has 1 fully saturated rings. The van der Waals surface area contributed by atoms with Gasteiger partial charge in [-0.1, -0.05) is 29.8 Å². The maximum Gasteiger partial charge on any atom is 0.269 e. The molecular formula is C46H47ClFN7O12. The molecule has 5 aromatic rings. The van der Waals surface area contributed by atoms with E-state index in [1.54, 1.807) is 53.4 Å². The van der Waals surface area contributed by atoms with Crippen LogP contribution in [0.4, 0.5) is 27.3 Å². The Morgan fingerprint density at radius 3 is 2.28 bits per heavy atom. The summed E-state index contributed by atoms with van der Waals surface area (Å²) in [5, 5.41) is 16.9. The number of nitrogens with one attached hydrogen (secondary N) is 2. The van der Waals surface area contributed by atoms with E-state index in [0.717, 1.165) is 5.56 Å². The van der Waals surface area contributed by atoms with E-state index in [1.807, 2.05) is 0 Å². The van der Waals surface area contributed by atoms with Gasteiger partial charge in [0, 0.05) is 65.6 Å². The normalized spacial score (nSPS) is 14.5. The van der Waals surface area contributed by atoms with Gasteiger partial charge < -0.3 is 43.5 Å². The van der Waals surface area contributed by atoms with E-state index in [0.29, 0.717) is 83.8 Å². The number of rotatable bonds is 24. The van der Waals surface area contributed by atoms with Crippen molar-refractivity contribution >= 4 is 69.0 Å². The number of aromatic nitrogens is 2. The molecule has 3 heterocycles. The average Bonchev–Trinajstić information content (AvgIpc) is 3.66. The number of methoxy groups -OCH3 is 1. The van der Waals surface area contributed by atoms with Crippen molar-refractivity contribution in [1.82, 2.24) is 20.2 Å². The number of imide groups is 1. The number of benzene rings is 4. The molecule has 0 aliphatic carbocycles. The van der Waals surface area contributed by atoms with Crippen LogP contribution in [0.3, 0.4) is 0 Å². The zero-order chi connectivity index (χ0) is 47.3. The monoisotopic (exact) mass is 943 g/mol. The molecule has 1 aromatic heterocycles. The van der Waals surface area contributed by atoms with Crippen molar-refractivity contribution in [1.29, 1.82) is 0 Å². The number of hydrogen-bond acceptors (Lipinski definition) is 15. The first kappa shape index (κ1) is 48.1. The second-order valence-electron chi connectivity index (χ2n) is 15.2. The highest BCUT2D eigenvalue weighted by atomic mass is 35.5. The Hall–Kier alpha value is -6.84. The van der Waals surface area contributed by atoms with Gasteiger partial charge in [0.2, 0.25) is 17.7 Å². The minimum absolute atomic E-state index is 0.0538. The molecule has 2 aliphatic rings. The third kappa shape index (κ3) is 12.3. The van der Waals surface area contributed by atoms with E-state index in [4.69, 9.17) is 40.0 Å². The Bertz CT molecular complexity index is 2610. The van der Waals surface area contributed by atoms with Crippen molar-refractivity contribution in [3.63, 3.8) is 0 Å². The smallest absolute Gasteiger partial charge is 0.269 e. The highest BCUT2D eigenvalue weighted by Gasteiger charge is 2.40. The van der Waals surface area contributed by atoms with Crippen molar-refractivity contribution in [2.75, 3.05) is 76.8 Å². The average molecular weight is 944 g/mol. The van der Waals surface area contributed by atoms with Crippen molar-refractivity contribution in [3.05, 3.63) is 117 Å². The lowest BCUT2D eigenvalue weighted by Crippen LogP contribution is -2.52. The second-order valence-corrected chi connectivity index (χ2v) is 15.6. The van der Waals surface area contributed by atoms with Crippen molar-refractivity contribution < 1.29 is 56.9 Å². The lowest BCUT2D eigenvalue weighted by molar-refractivity contribution is -0.384. The molecule has 352 valence electrons. The highest BCUT2D eigenvalue weighted by molar-refractivity contribution is 6.31. The molecule has 19 nitrogen and oxygen atoms in total. The molecular weight excluding hydrogens is 897 g/mol. The van der Waals surface area contributed by atoms with Crippen LogP contribution in [0.15, 0.2) is 79.1 Å². The fraction of sp³-hybridized carbons (Fsp3) is 0.348. The number of amides is 4. The number of piperidine rings is 1. The minimum Gasteiger partial charge on any atom is -0.493 e. The Morgan fingerprint density at radius 2 is 1.61 bits per heavy atom. The molecule has 4 amide bonds. The molecule has 0 spiro atoms. The number of halogens is 2. The van der Waals surface area contributed by atoms with Crippen LogP contribution in [-0.4, -0.2) is 116 Å². The molecule has 0 radical (unpaired) electrons. The van der Waals surface area contributed by atoms with E-state index < -0.39 is 22.7 Å². The van der Waals surface area contributed by atoms with Crippen LogP contribution < -0.4 is 25.0 Å². The van der Waals surface area contributed by atoms with Crippen molar-refractivity contribution in [2.24, 2.45) is 0 Å². The van der Waals surface area contributed by atoms with Gasteiger partial charge in [0.1, 0.15) is 30.6 Å². The van der Waals surface area contributed by atoms with Gasteiger partial charge in [-0.3, -0.25) is 34.6 Å². The van der Waals surface area contributed by atoms with Crippen LogP contribution in [0.5, 0.6) is 11.5 Å². The molecule has 2 aliphatic heterocycles. The van der Waals surface area contributed by atoms with E-state index >= 15 is 0 Å². The molecule has 67 heavy (non-hydrogen) atoms. The van der Waals surface area contributed by atoms with Gasteiger partial charge in [-0.15, -0.1) is 0 Å². The third-order valence-electron chi connectivity index (χ3n) is 10.8. The number of nitrogens with zero attached hydrogens (tertiary/aromatic N) is 5. The Kier molecular flexibility index (Phi) is 16.6. The lowest BCUT2D eigenvalue weighted by Gasteiger charge is -2.29. The maximum absolute atomic E-state index is 14.2. The molecule has 7 rings (SSSR count). The Balaban J connectivity index is 0.788. The molecule has 4 aromatic carbocycles. The standard InChI is InChI=1S/C46H47ClFN7O12/c1-62-40-25-38-33(44(50-28-49-38)53(31-9-10-36(48)35(47)23-31)26-29-5-7-30(8-6-29)55(60)61)24-41(40)67-22-21-66-20-19-65-18-17-64-16-15-63-14-13-43(57)51-37-4-2-3-32-34(37)27-54(46(32)59)39-11-12-42(56)52-45(39)58/h2-10,23-25,28,39H,11-22,26-27H2,1H3,(H,51,57)(H,52,56,58). The molecule has 21 heteroatoms. The van der Waals surface area contributed by atoms with Crippen LogP contribution in [0, 0.1) is 15.9 Å². The number of nitro benzene ring substituents is 1. The van der Waals surface area contributed by atoms with Crippen LogP contribution in [0.2, 0.25) is 5.02 Å². The summed E-state index contributed by atoms with van der Waals surface area (Å²) in [5.41, 5.74) is 3.24. The van der Waals surface area contributed by atoms with Gasteiger partial charge >= 0.3 is 0 Å². The van der Waals surface area contributed by atoms with Gasteiger partial charge in [0.05, 0.1) is 81.8 Å². The zero-order valence-electron chi connectivity index (χ0n) is 36.4. The van der Waals surface area contributed by atoms with Gasteiger partial charge in [-0.05, 0) is 48.4 Å².